The van der Waals surface area contributed by atoms with Crippen LogP contribution in [-0.2, 0) is 4.79 Å². The number of rotatable bonds is 1. The van der Waals surface area contributed by atoms with E-state index in [0.717, 1.165) is 4.90 Å². The summed E-state index contributed by atoms with van der Waals surface area (Å²) in [5, 5.41) is 8.67. The number of hydrogen-bond acceptors (Lipinski definition) is 2. The molecule has 0 spiro atoms. The van der Waals surface area contributed by atoms with Crippen LogP contribution < -0.4 is 5.73 Å². The van der Waals surface area contributed by atoms with Gasteiger partial charge in [-0.3, -0.25) is 9.69 Å². The fourth-order valence-corrected chi connectivity index (χ4v) is 1.54. The summed E-state index contributed by atoms with van der Waals surface area (Å²) in [7, 11) is 0. The number of halogens is 1. The third-order valence-electron chi connectivity index (χ3n) is 2.30. The summed E-state index contributed by atoms with van der Waals surface area (Å²) in [6, 6.07) is -1.82. The van der Waals surface area contributed by atoms with Gasteiger partial charge in [0.25, 0.3) is 0 Å². The van der Waals surface area contributed by atoms with Gasteiger partial charge in [0.15, 0.2) is 0 Å². The smallest absolute Gasteiger partial charge is 0.408 e. The molecular formula is C7H11FN2O3. The lowest BCUT2D eigenvalue weighted by molar-refractivity contribution is -0.122. The quantitative estimate of drug-likeness (QED) is 0.608. The van der Waals surface area contributed by atoms with E-state index in [1.54, 1.807) is 0 Å². The maximum atomic E-state index is 13.0. The first kappa shape index (κ1) is 9.76. The number of hydrogen-bond donors (Lipinski definition) is 2. The van der Waals surface area contributed by atoms with Crippen LogP contribution in [-0.4, -0.2) is 40.3 Å². The minimum absolute atomic E-state index is 0.136. The van der Waals surface area contributed by atoms with E-state index >= 15 is 0 Å². The van der Waals surface area contributed by atoms with Crippen LogP contribution in [0, 0.1) is 0 Å². The van der Waals surface area contributed by atoms with Gasteiger partial charge in [-0.15, -0.1) is 0 Å². The van der Waals surface area contributed by atoms with Crippen molar-refractivity contribution in [3.8, 4) is 0 Å². The monoisotopic (exact) mass is 190 g/mol. The summed E-state index contributed by atoms with van der Waals surface area (Å²) in [6.45, 7) is 1.42. The predicted molar refractivity (Wildman–Crippen MR) is 41.8 cm³/mol. The number of nitrogens with zero attached hydrogens (tertiary/aromatic N) is 1. The summed E-state index contributed by atoms with van der Waals surface area (Å²) in [6.07, 6.45) is -2.76. The molecule has 0 bridgehead atoms. The second kappa shape index (κ2) is 3.20. The lowest BCUT2D eigenvalue weighted by atomic mass is 10.2. The normalized spacial score (nSPS) is 33.4. The Hall–Kier alpha value is -1.33. The number of carbonyl (C=O) groups is 2. The number of alkyl halides is 1. The number of carboxylic acid groups (broad SMARTS) is 1. The van der Waals surface area contributed by atoms with Crippen molar-refractivity contribution < 1.29 is 19.1 Å². The summed E-state index contributed by atoms with van der Waals surface area (Å²) >= 11 is 0. The standard InChI is InChI=1S/C7H11FN2O3/c1-3-4(8)2-5(6(9)11)10(3)7(12)13/h3-5H,2H2,1H3,(H2,9,11)(H,12,13)/t3-,4+,5-/m0/s1. The molecule has 0 aromatic heterocycles. The van der Waals surface area contributed by atoms with Gasteiger partial charge >= 0.3 is 6.09 Å². The second-order valence-corrected chi connectivity index (χ2v) is 3.10. The van der Waals surface area contributed by atoms with Crippen molar-refractivity contribution in [1.29, 1.82) is 0 Å². The third kappa shape index (κ3) is 1.56. The van der Waals surface area contributed by atoms with Gasteiger partial charge in [-0.05, 0) is 6.92 Å². The minimum atomic E-state index is -1.31. The molecule has 1 heterocycles. The van der Waals surface area contributed by atoms with Crippen molar-refractivity contribution in [2.75, 3.05) is 0 Å². The number of carbonyl (C=O) groups excluding carboxylic acids is 1. The van der Waals surface area contributed by atoms with E-state index < -0.39 is 30.3 Å². The lowest BCUT2D eigenvalue weighted by Crippen LogP contribution is -2.46. The lowest BCUT2D eigenvalue weighted by Gasteiger charge is -2.22. The summed E-state index contributed by atoms with van der Waals surface area (Å²) in [5.41, 5.74) is 4.94. The molecule has 5 nitrogen and oxygen atoms in total. The zero-order valence-corrected chi connectivity index (χ0v) is 7.11. The maximum absolute atomic E-state index is 13.0. The van der Waals surface area contributed by atoms with Crippen LogP contribution in [0.25, 0.3) is 0 Å². The molecule has 1 saturated heterocycles. The molecule has 0 radical (unpaired) electrons. The highest BCUT2D eigenvalue weighted by atomic mass is 19.1. The van der Waals surface area contributed by atoms with Gasteiger partial charge in [-0.2, -0.15) is 0 Å². The Morgan fingerprint density at radius 3 is 2.46 bits per heavy atom. The molecule has 2 amide bonds. The molecule has 74 valence electrons. The summed E-state index contributed by atoms with van der Waals surface area (Å²) < 4.78 is 13.0. The topological polar surface area (TPSA) is 83.6 Å². The first-order chi connectivity index (χ1) is 5.95. The van der Waals surface area contributed by atoms with E-state index in [1.165, 1.54) is 6.92 Å². The molecule has 3 N–H and O–H groups in total. The third-order valence-corrected chi connectivity index (χ3v) is 2.30. The Labute approximate surface area is 74.3 Å². The zero-order valence-electron chi connectivity index (χ0n) is 7.11. The molecule has 6 heteroatoms. The molecule has 0 aromatic rings. The summed E-state index contributed by atoms with van der Waals surface area (Å²) in [4.78, 5) is 22.2. The molecule has 3 atom stereocenters. The molecule has 0 unspecified atom stereocenters. The average molecular weight is 190 g/mol. The van der Waals surface area contributed by atoms with Crippen LogP contribution in [0.15, 0.2) is 0 Å². The number of nitrogens with two attached hydrogens (primary N) is 1. The van der Waals surface area contributed by atoms with Gasteiger partial charge < -0.3 is 10.8 Å². The number of primary amides is 1. The van der Waals surface area contributed by atoms with Crippen LogP contribution >= 0.6 is 0 Å². The predicted octanol–water partition coefficient (Wildman–Crippen LogP) is -0.0494. The molecule has 1 fully saturated rings. The second-order valence-electron chi connectivity index (χ2n) is 3.10. The molecule has 1 rings (SSSR count). The Kier molecular flexibility index (Phi) is 2.40. The largest absolute Gasteiger partial charge is 0.465 e. The first-order valence-electron chi connectivity index (χ1n) is 3.89. The van der Waals surface area contributed by atoms with Gasteiger partial charge in [0.1, 0.15) is 12.2 Å². The molecule has 0 aliphatic carbocycles. The average Bonchev–Trinajstić information content (AvgIpc) is 2.28. The van der Waals surface area contributed by atoms with E-state index in [0.29, 0.717) is 0 Å². The molecule has 1 aliphatic heterocycles. The van der Waals surface area contributed by atoms with Gasteiger partial charge in [0.05, 0.1) is 6.04 Å². The minimum Gasteiger partial charge on any atom is -0.465 e. The fourth-order valence-electron chi connectivity index (χ4n) is 1.54. The van der Waals surface area contributed by atoms with Crippen molar-refractivity contribution in [2.24, 2.45) is 5.73 Å². The van der Waals surface area contributed by atoms with Crippen molar-refractivity contribution in [3.63, 3.8) is 0 Å². The van der Waals surface area contributed by atoms with Crippen molar-refractivity contribution in [1.82, 2.24) is 4.90 Å². The van der Waals surface area contributed by atoms with Crippen molar-refractivity contribution >= 4 is 12.0 Å². The molecule has 1 aliphatic rings. The maximum Gasteiger partial charge on any atom is 0.408 e. The van der Waals surface area contributed by atoms with Crippen molar-refractivity contribution in [2.45, 2.75) is 31.6 Å². The van der Waals surface area contributed by atoms with Crippen LogP contribution in [0.5, 0.6) is 0 Å². The fraction of sp³-hybridized carbons (Fsp3) is 0.714. The number of amides is 2. The van der Waals surface area contributed by atoms with E-state index in [4.69, 9.17) is 10.8 Å². The van der Waals surface area contributed by atoms with E-state index in [2.05, 4.69) is 0 Å². The van der Waals surface area contributed by atoms with Gasteiger partial charge in [-0.1, -0.05) is 0 Å². The van der Waals surface area contributed by atoms with Gasteiger partial charge in [0, 0.05) is 6.42 Å². The van der Waals surface area contributed by atoms with Crippen LogP contribution in [0.2, 0.25) is 0 Å². The molecule has 0 saturated carbocycles. The van der Waals surface area contributed by atoms with E-state index in [9.17, 15) is 14.0 Å². The molecular weight excluding hydrogens is 179 g/mol. The highest BCUT2D eigenvalue weighted by Crippen LogP contribution is 2.26. The SMILES string of the molecule is C[C@H]1[C@H](F)C[C@@H](C(N)=O)N1C(=O)O. The molecule has 0 aromatic carbocycles. The van der Waals surface area contributed by atoms with Gasteiger partial charge in [-0.25, -0.2) is 9.18 Å². The Morgan fingerprint density at radius 1 is 1.62 bits per heavy atom. The zero-order chi connectivity index (χ0) is 10.2. The molecule has 13 heavy (non-hydrogen) atoms. The highest BCUT2D eigenvalue weighted by Gasteiger charge is 2.44. The Morgan fingerprint density at radius 2 is 2.15 bits per heavy atom. The first-order valence-corrected chi connectivity index (χ1v) is 3.89. The van der Waals surface area contributed by atoms with Gasteiger partial charge in [0.2, 0.25) is 5.91 Å². The van der Waals surface area contributed by atoms with Crippen LogP contribution in [0.3, 0.4) is 0 Å². The van der Waals surface area contributed by atoms with Crippen molar-refractivity contribution in [3.05, 3.63) is 0 Å². The Balaban J connectivity index is 2.86. The number of likely N-dealkylation sites (tertiary alicyclic amines) is 1. The Bertz CT molecular complexity index is 246. The highest BCUT2D eigenvalue weighted by molar-refractivity contribution is 5.84. The summed E-state index contributed by atoms with van der Waals surface area (Å²) in [5.74, 6) is -0.797. The van der Waals surface area contributed by atoms with E-state index in [-0.39, 0.29) is 6.42 Å². The van der Waals surface area contributed by atoms with Crippen LogP contribution in [0.4, 0.5) is 9.18 Å². The van der Waals surface area contributed by atoms with Crippen LogP contribution in [0.1, 0.15) is 13.3 Å². The van der Waals surface area contributed by atoms with E-state index in [1.807, 2.05) is 0 Å².